The molecule has 0 spiro atoms. The molecular weight excluding hydrogens is 244 g/mol. The molecule has 1 aromatic heterocycles. The summed E-state index contributed by atoms with van der Waals surface area (Å²) < 4.78 is 4.63. The SMILES string of the molecule is CCN1CCCC1CNc1cncc(C(=O)OC)n1. The molecule has 1 aromatic rings. The Morgan fingerprint density at radius 2 is 2.42 bits per heavy atom. The first kappa shape index (κ1) is 13.7. The Kier molecular flexibility index (Phi) is 4.68. The van der Waals surface area contributed by atoms with Crippen molar-refractivity contribution in [3.8, 4) is 0 Å². The maximum atomic E-state index is 11.4. The lowest BCUT2D eigenvalue weighted by molar-refractivity contribution is 0.0593. The van der Waals surface area contributed by atoms with Crippen molar-refractivity contribution < 1.29 is 9.53 Å². The molecule has 1 N–H and O–H groups in total. The Balaban J connectivity index is 1.94. The predicted octanol–water partition coefficient (Wildman–Crippen LogP) is 1.16. The molecule has 1 fully saturated rings. The quantitative estimate of drug-likeness (QED) is 0.805. The lowest BCUT2D eigenvalue weighted by Gasteiger charge is -2.23. The van der Waals surface area contributed by atoms with Crippen LogP contribution in [-0.2, 0) is 4.74 Å². The van der Waals surface area contributed by atoms with Gasteiger partial charge in [0.15, 0.2) is 5.69 Å². The van der Waals surface area contributed by atoms with Crippen LogP contribution in [0.2, 0.25) is 0 Å². The fourth-order valence-corrected chi connectivity index (χ4v) is 2.42. The Bertz CT molecular complexity index is 438. The van der Waals surface area contributed by atoms with Crippen LogP contribution in [0, 0.1) is 0 Å². The van der Waals surface area contributed by atoms with E-state index in [1.165, 1.54) is 26.1 Å². The average Bonchev–Trinajstić information content (AvgIpc) is 2.92. The third-order valence-corrected chi connectivity index (χ3v) is 3.45. The van der Waals surface area contributed by atoms with E-state index in [2.05, 4.69) is 31.8 Å². The summed E-state index contributed by atoms with van der Waals surface area (Å²) in [6.45, 7) is 5.24. The number of aromatic nitrogens is 2. The van der Waals surface area contributed by atoms with Crippen molar-refractivity contribution in [3.63, 3.8) is 0 Å². The van der Waals surface area contributed by atoms with E-state index in [0.29, 0.717) is 11.9 Å². The van der Waals surface area contributed by atoms with E-state index < -0.39 is 5.97 Å². The van der Waals surface area contributed by atoms with Crippen molar-refractivity contribution in [2.75, 3.05) is 32.1 Å². The number of ether oxygens (including phenoxy) is 1. The van der Waals surface area contributed by atoms with Crippen LogP contribution in [0.4, 0.5) is 5.82 Å². The summed E-state index contributed by atoms with van der Waals surface area (Å²) >= 11 is 0. The van der Waals surface area contributed by atoms with Crippen LogP contribution < -0.4 is 5.32 Å². The molecule has 0 bridgehead atoms. The monoisotopic (exact) mass is 264 g/mol. The number of rotatable bonds is 5. The number of hydrogen-bond donors (Lipinski definition) is 1. The zero-order chi connectivity index (χ0) is 13.7. The highest BCUT2D eigenvalue weighted by atomic mass is 16.5. The summed E-state index contributed by atoms with van der Waals surface area (Å²) in [5.74, 6) is 0.151. The molecule has 2 rings (SSSR count). The number of nitrogens with zero attached hydrogens (tertiary/aromatic N) is 3. The second kappa shape index (κ2) is 6.47. The average molecular weight is 264 g/mol. The molecule has 0 radical (unpaired) electrons. The molecule has 0 amide bonds. The number of esters is 1. The Hall–Kier alpha value is -1.69. The molecular formula is C13H20N4O2. The third-order valence-electron chi connectivity index (χ3n) is 3.45. The van der Waals surface area contributed by atoms with E-state index in [1.54, 1.807) is 6.20 Å². The van der Waals surface area contributed by atoms with Crippen molar-refractivity contribution in [1.29, 1.82) is 0 Å². The van der Waals surface area contributed by atoms with Gasteiger partial charge in [-0.15, -0.1) is 0 Å². The fourth-order valence-electron chi connectivity index (χ4n) is 2.42. The number of nitrogens with one attached hydrogen (secondary N) is 1. The minimum atomic E-state index is -0.466. The standard InChI is InChI=1S/C13H20N4O2/c1-3-17-6-4-5-10(17)7-15-12-9-14-8-11(16-12)13(18)19-2/h8-10H,3-7H2,1-2H3,(H,15,16). The van der Waals surface area contributed by atoms with Crippen LogP contribution in [0.1, 0.15) is 30.3 Å². The van der Waals surface area contributed by atoms with Crippen molar-refractivity contribution in [3.05, 3.63) is 18.1 Å². The van der Waals surface area contributed by atoms with Gasteiger partial charge in [0.2, 0.25) is 0 Å². The Labute approximate surface area is 113 Å². The van der Waals surface area contributed by atoms with E-state index >= 15 is 0 Å². The Morgan fingerprint density at radius 3 is 3.16 bits per heavy atom. The molecule has 2 heterocycles. The lowest BCUT2D eigenvalue weighted by atomic mass is 10.2. The molecule has 104 valence electrons. The summed E-state index contributed by atoms with van der Waals surface area (Å²) in [5.41, 5.74) is 0.228. The van der Waals surface area contributed by atoms with Crippen molar-refractivity contribution in [2.45, 2.75) is 25.8 Å². The number of anilines is 1. The maximum absolute atomic E-state index is 11.4. The van der Waals surface area contributed by atoms with Crippen molar-refractivity contribution >= 4 is 11.8 Å². The maximum Gasteiger partial charge on any atom is 0.358 e. The molecule has 0 saturated carbocycles. The first-order valence-corrected chi connectivity index (χ1v) is 6.63. The first-order chi connectivity index (χ1) is 9.24. The molecule has 6 nitrogen and oxygen atoms in total. The third kappa shape index (κ3) is 3.41. The van der Waals surface area contributed by atoms with Crippen LogP contribution in [0.3, 0.4) is 0 Å². The number of likely N-dealkylation sites (tertiary alicyclic amines) is 1. The van der Waals surface area contributed by atoms with Gasteiger partial charge in [-0.1, -0.05) is 6.92 Å². The minimum Gasteiger partial charge on any atom is -0.464 e. The number of carbonyl (C=O) groups excluding carboxylic acids is 1. The molecule has 1 unspecified atom stereocenters. The molecule has 1 aliphatic rings. The highest BCUT2D eigenvalue weighted by molar-refractivity contribution is 5.87. The van der Waals surface area contributed by atoms with Gasteiger partial charge < -0.3 is 10.1 Å². The highest BCUT2D eigenvalue weighted by Crippen LogP contribution is 2.16. The minimum absolute atomic E-state index is 0.228. The molecule has 1 aliphatic heterocycles. The second-order valence-electron chi connectivity index (χ2n) is 4.59. The summed E-state index contributed by atoms with van der Waals surface area (Å²) in [6, 6.07) is 0.536. The number of methoxy groups -OCH3 is 1. The second-order valence-corrected chi connectivity index (χ2v) is 4.59. The highest BCUT2D eigenvalue weighted by Gasteiger charge is 2.22. The van der Waals surface area contributed by atoms with Gasteiger partial charge in [0.1, 0.15) is 5.82 Å². The van der Waals surface area contributed by atoms with E-state index in [4.69, 9.17) is 0 Å². The smallest absolute Gasteiger partial charge is 0.358 e. The van der Waals surface area contributed by atoms with Gasteiger partial charge in [-0.2, -0.15) is 0 Å². The van der Waals surface area contributed by atoms with Crippen LogP contribution in [0.15, 0.2) is 12.4 Å². The summed E-state index contributed by atoms with van der Waals surface area (Å²) in [6.07, 6.45) is 5.47. The first-order valence-electron chi connectivity index (χ1n) is 6.63. The van der Waals surface area contributed by atoms with Crippen LogP contribution >= 0.6 is 0 Å². The van der Waals surface area contributed by atoms with Crippen molar-refractivity contribution in [2.24, 2.45) is 0 Å². The van der Waals surface area contributed by atoms with Gasteiger partial charge in [-0.05, 0) is 25.9 Å². The van der Waals surface area contributed by atoms with E-state index in [1.807, 2.05) is 0 Å². The molecule has 1 saturated heterocycles. The number of likely N-dealkylation sites (N-methyl/N-ethyl adjacent to an activating group) is 1. The van der Waals surface area contributed by atoms with E-state index in [9.17, 15) is 4.79 Å². The van der Waals surface area contributed by atoms with Gasteiger partial charge in [0.05, 0.1) is 19.5 Å². The van der Waals surface area contributed by atoms with Crippen LogP contribution in [0.25, 0.3) is 0 Å². The van der Waals surface area contributed by atoms with Gasteiger partial charge in [0, 0.05) is 12.6 Å². The Morgan fingerprint density at radius 1 is 1.58 bits per heavy atom. The number of carbonyl (C=O) groups is 1. The zero-order valence-electron chi connectivity index (χ0n) is 11.4. The fraction of sp³-hybridized carbons (Fsp3) is 0.615. The molecule has 0 aliphatic carbocycles. The van der Waals surface area contributed by atoms with E-state index in [-0.39, 0.29) is 5.69 Å². The van der Waals surface area contributed by atoms with Gasteiger partial charge >= 0.3 is 5.97 Å². The topological polar surface area (TPSA) is 67.4 Å². The van der Waals surface area contributed by atoms with Gasteiger partial charge in [-0.25, -0.2) is 9.78 Å². The lowest BCUT2D eigenvalue weighted by Crippen LogP contribution is -2.34. The summed E-state index contributed by atoms with van der Waals surface area (Å²) in [5, 5.41) is 3.25. The molecule has 0 aromatic carbocycles. The van der Waals surface area contributed by atoms with Gasteiger partial charge in [0.25, 0.3) is 0 Å². The number of hydrogen-bond acceptors (Lipinski definition) is 6. The largest absolute Gasteiger partial charge is 0.464 e. The van der Waals surface area contributed by atoms with Crippen LogP contribution in [-0.4, -0.2) is 53.6 Å². The van der Waals surface area contributed by atoms with E-state index in [0.717, 1.165) is 19.6 Å². The molecule has 6 heteroatoms. The molecule has 1 atom stereocenters. The summed E-state index contributed by atoms with van der Waals surface area (Å²) in [7, 11) is 1.34. The van der Waals surface area contributed by atoms with Crippen LogP contribution in [0.5, 0.6) is 0 Å². The predicted molar refractivity (Wildman–Crippen MR) is 72.1 cm³/mol. The van der Waals surface area contributed by atoms with Crippen molar-refractivity contribution in [1.82, 2.24) is 14.9 Å². The zero-order valence-corrected chi connectivity index (χ0v) is 11.4. The summed E-state index contributed by atoms with van der Waals surface area (Å²) in [4.78, 5) is 22.0. The normalized spacial score (nSPS) is 19.4. The molecule has 19 heavy (non-hydrogen) atoms. The van der Waals surface area contributed by atoms with Gasteiger partial charge in [-0.3, -0.25) is 9.88 Å².